The predicted molar refractivity (Wildman–Crippen MR) is 82.1 cm³/mol. The number of hydrogen-bond donors (Lipinski definition) is 1. The van der Waals surface area contributed by atoms with Crippen molar-refractivity contribution in [2.45, 2.75) is 45.6 Å². The Bertz CT molecular complexity index is 537. The van der Waals surface area contributed by atoms with Crippen LogP contribution in [-0.4, -0.2) is 22.8 Å². The molecule has 0 bridgehead atoms. The molecule has 0 amide bonds. The lowest BCUT2D eigenvalue weighted by Gasteiger charge is -2.05. The van der Waals surface area contributed by atoms with Gasteiger partial charge >= 0.3 is 0 Å². The lowest BCUT2D eigenvalue weighted by molar-refractivity contribution is 0.309. The van der Waals surface area contributed by atoms with Crippen molar-refractivity contribution in [3.63, 3.8) is 0 Å². The quantitative estimate of drug-likeness (QED) is 0.755. The van der Waals surface area contributed by atoms with E-state index in [4.69, 9.17) is 15.0 Å². The largest absolute Gasteiger partial charge is 0.494 e. The normalized spacial score (nSPS) is 12.3. The molecule has 0 fully saturated rings. The van der Waals surface area contributed by atoms with Gasteiger partial charge in [0, 0.05) is 18.0 Å². The van der Waals surface area contributed by atoms with Crippen LogP contribution in [0, 0.1) is 0 Å². The molecule has 114 valence electrons. The number of benzene rings is 1. The molecular formula is C16H23N3O2. The molecule has 0 spiro atoms. The van der Waals surface area contributed by atoms with Crippen molar-refractivity contribution < 1.29 is 9.26 Å². The van der Waals surface area contributed by atoms with Gasteiger partial charge < -0.3 is 15.0 Å². The molecule has 2 N–H and O–H groups in total. The van der Waals surface area contributed by atoms with Crippen LogP contribution in [0.1, 0.15) is 38.9 Å². The molecule has 2 rings (SSSR count). The van der Waals surface area contributed by atoms with Gasteiger partial charge in [-0.15, -0.1) is 0 Å². The van der Waals surface area contributed by atoms with E-state index in [1.165, 1.54) is 0 Å². The van der Waals surface area contributed by atoms with Gasteiger partial charge in [0.15, 0.2) is 5.82 Å². The number of rotatable bonds is 8. The van der Waals surface area contributed by atoms with Gasteiger partial charge in [-0.2, -0.15) is 4.98 Å². The zero-order chi connectivity index (χ0) is 15.1. The van der Waals surface area contributed by atoms with E-state index in [1.807, 2.05) is 31.2 Å². The first-order valence-electron chi connectivity index (χ1n) is 7.54. The van der Waals surface area contributed by atoms with Crippen molar-refractivity contribution in [3.8, 4) is 17.2 Å². The highest BCUT2D eigenvalue weighted by Gasteiger charge is 2.11. The van der Waals surface area contributed by atoms with Crippen LogP contribution >= 0.6 is 0 Å². The first-order valence-corrected chi connectivity index (χ1v) is 7.54. The molecule has 1 heterocycles. The molecule has 0 aliphatic heterocycles. The van der Waals surface area contributed by atoms with Crippen molar-refractivity contribution >= 4 is 0 Å². The summed E-state index contributed by atoms with van der Waals surface area (Å²) in [6.07, 6.45) is 3.72. The summed E-state index contributed by atoms with van der Waals surface area (Å²) in [6, 6.07) is 7.78. The molecule has 0 saturated carbocycles. The fourth-order valence-electron chi connectivity index (χ4n) is 1.86. The van der Waals surface area contributed by atoms with E-state index >= 15 is 0 Å². The number of nitrogens with two attached hydrogens (primary N) is 1. The second-order valence-corrected chi connectivity index (χ2v) is 5.11. The van der Waals surface area contributed by atoms with Crippen LogP contribution in [0.15, 0.2) is 28.8 Å². The van der Waals surface area contributed by atoms with Crippen LogP contribution in [0.3, 0.4) is 0 Å². The van der Waals surface area contributed by atoms with Crippen molar-refractivity contribution in [1.82, 2.24) is 10.1 Å². The fraction of sp³-hybridized carbons (Fsp3) is 0.500. The van der Waals surface area contributed by atoms with Crippen LogP contribution in [0.2, 0.25) is 0 Å². The van der Waals surface area contributed by atoms with Gasteiger partial charge in [-0.1, -0.05) is 25.4 Å². The Hall–Kier alpha value is -1.88. The summed E-state index contributed by atoms with van der Waals surface area (Å²) in [5.41, 5.74) is 6.78. The van der Waals surface area contributed by atoms with Gasteiger partial charge in [0.2, 0.25) is 0 Å². The van der Waals surface area contributed by atoms with Crippen molar-refractivity contribution in [2.75, 3.05) is 6.61 Å². The van der Waals surface area contributed by atoms with Crippen LogP contribution in [0.4, 0.5) is 0 Å². The number of nitrogens with zero attached hydrogens (tertiary/aromatic N) is 2. The van der Waals surface area contributed by atoms with Gasteiger partial charge in [0.25, 0.3) is 5.89 Å². The van der Waals surface area contributed by atoms with E-state index in [0.717, 1.165) is 37.2 Å². The zero-order valence-electron chi connectivity index (χ0n) is 12.7. The smallest absolute Gasteiger partial charge is 0.257 e. The predicted octanol–water partition coefficient (Wildman–Crippen LogP) is 3.20. The fourth-order valence-corrected chi connectivity index (χ4v) is 1.86. The van der Waals surface area contributed by atoms with Gasteiger partial charge in [-0.3, -0.25) is 0 Å². The standard InChI is InChI=1S/C16H23N3O2/c1-3-5-10-20-14-8-6-12(7-9-14)16-18-15(19-21-16)11-13(17)4-2/h6-9,13H,3-5,10-11,17H2,1-2H3. The third-order valence-corrected chi connectivity index (χ3v) is 3.31. The highest BCUT2D eigenvalue weighted by atomic mass is 16.5. The first-order chi connectivity index (χ1) is 10.2. The topological polar surface area (TPSA) is 74.2 Å². The molecule has 1 atom stereocenters. The summed E-state index contributed by atoms with van der Waals surface area (Å²) < 4.78 is 10.9. The number of aromatic nitrogens is 2. The lowest BCUT2D eigenvalue weighted by atomic mass is 10.1. The summed E-state index contributed by atoms with van der Waals surface area (Å²) in [5.74, 6) is 2.04. The van der Waals surface area contributed by atoms with Crippen LogP contribution in [-0.2, 0) is 6.42 Å². The molecule has 5 heteroatoms. The van der Waals surface area contributed by atoms with E-state index in [9.17, 15) is 0 Å². The second-order valence-electron chi connectivity index (χ2n) is 5.11. The molecule has 0 aliphatic carbocycles. The van der Waals surface area contributed by atoms with Gasteiger partial charge in [-0.25, -0.2) is 0 Å². The zero-order valence-corrected chi connectivity index (χ0v) is 12.7. The number of hydrogen-bond acceptors (Lipinski definition) is 5. The maximum atomic E-state index is 5.89. The minimum absolute atomic E-state index is 0.0739. The van der Waals surface area contributed by atoms with Crippen molar-refractivity contribution in [2.24, 2.45) is 5.73 Å². The summed E-state index contributed by atoms with van der Waals surface area (Å²) >= 11 is 0. The second kappa shape index (κ2) is 7.78. The third kappa shape index (κ3) is 4.56. The molecule has 0 radical (unpaired) electrons. The van der Waals surface area contributed by atoms with E-state index in [2.05, 4.69) is 17.1 Å². The van der Waals surface area contributed by atoms with Crippen molar-refractivity contribution in [3.05, 3.63) is 30.1 Å². The molecule has 1 aromatic heterocycles. The first kappa shape index (κ1) is 15.5. The maximum absolute atomic E-state index is 5.89. The summed E-state index contributed by atoms with van der Waals surface area (Å²) in [5, 5.41) is 3.97. The average molecular weight is 289 g/mol. The molecule has 0 saturated heterocycles. The van der Waals surface area contributed by atoms with E-state index in [0.29, 0.717) is 18.1 Å². The molecule has 21 heavy (non-hydrogen) atoms. The Balaban J connectivity index is 1.98. The van der Waals surface area contributed by atoms with Crippen LogP contribution < -0.4 is 10.5 Å². The molecule has 5 nitrogen and oxygen atoms in total. The summed E-state index contributed by atoms with van der Waals surface area (Å²) in [7, 11) is 0. The highest BCUT2D eigenvalue weighted by molar-refractivity contribution is 5.54. The Kier molecular flexibility index (Phi) is 5.75. The Labute approximate surface area is 125 Å². The Morgan fingerprint density at radius 2 is 2.00 bits per heavy atom. The highest BCUT2D eigenvalue weighted by Crippen LogP contribution is 2.21. The monoisotopic (exact) mass is 289 g/mol. The van der Waals surface area contributed by atoms with Crippen LogP contribution in [0.25, 0.3) is 11.5 Å². The molecule has 1 unspecified atom stereocenters. The minimum Gasteiger partial charge on any atom is -0.494 e. The lowest BCUT2D eigenvalue weighted by Crippen LogP contribution is -2.21. The molecule has 2 aromatic rings. The molecule has 1 aromatic carbocycles. The van der Waals surface area contributed by atoms with Gasteiger partial charge in [0.05, 0.1) is 6.61 Å². The van der Waals surface area contributed by atoms with Crippen LogP contribution in [0.5, 0.6) is 5.75 Å². The minimum atomic E-state index is 0.0739. The molecule has 0 aliphatic rings. The summed E-state index contributed by atoms with van der Waals surface area (Å²) in [4.78, 5) is 4.37. The van der Waals surface area contributed by atoms with E-state index < -0.39 is 0 Å². The average Bonchev–Trinajstić information content (AvgIpc) is 2.96. The van der Waals surface area contributed by atoms with Gasteiger partial charge in [0.1, 0.15) is 5.75 Å². The number of unbranched alkanes of at least 4 members (excludes halogenated alkanes) is 1. The third-order valence-electron chi connectivity index (χ3n) is 3.31. The Morgan fingerprint density at radius 1 is 1.24 bits per heavy atom. The van der Waals surface area contributed by atoms with E-state index in [-0.39, 0.29) is 6.04 Å². The Morgan fingerprint density at radius 3 is 2.67 bits per heavy atom. The maximum Gasteiger partial charge on any atom is 0.257 e. The summed E-state index contributed by atoms with van der Waals surface area (Å²) in [6.45, 7) is 4.93. The van der Waals surface area contributed by atoms with Crippen molar-refractivity contribution in [1.29, 1.82) is 0 Å². The SMILES string of the molecule is CCCCOc1ccc(-c2nc(CC(N)CC)no2)cc1. The molecular weight excluding hydrogens is 266 g/mol. The van der Waals surface area contributed by atoms with E-state index in [1.54, 1.807) is 0 Å². The van der Waals surface area contributed by atoms with Gasteiger partial charge in [-0.05, 0) is 37.1 Å². The number of ether oxygens (including phenoxy) is 1.